The summed E-state index contributed by atoms with van der Waals surface area (Å²) in [6.45, 7) is 3.93. The number of H-pyrrole nitrogens is 1. The molecule has 0 bridgehead atoms. The van der Waals surface area contributed by atoms with E-state index in [1.165, 1.54) is 6.92 Å². The molecule has 114 valence electrons. The number of hydrogen-bond donors (Lipinski definition) is 3. The molecule has 20 heavy (non-hydrogen) atoms. The first-order valence-corrected chi connectivity index (χ1v) is 7.58. The monoisotopic (exact) mass is 304 g/mol. The summed E-state index contributed by atoms with van der Waals surface area (Å²) < 4.78 is 27.0. The maximum Gasteiger partial charge on any atom is 0.357 e. The van der Waals surface area contributed by atoms with Gasteiger partial charge < -0.3 is 10.0 Å². The smallest absolute Gasteiger partial charge is 0.357 e. The average molecular weight is 304 g/mol. The molecule has 8 nitrogen and oxygen atoms in total. The van der Waals surface area contributed by atoms with Gasteiger partial charge in [0.2, 0.25) is 10.0 Å². The molecule has 1 aromatic heterocycles. The molecule has 0 aromatic carbocycles. The molecule has 9 heteroatoms. The molecule has 1 unspecified atom stereocenters. The molecule has 0 saturated carbocycles. The van der Waals surface area contributed by atoms with Crippen molar-refractivity contribution in [1.82, 2.24) is 19.8 Å². The lowest BCUT2D eigenvalue weighted by molar-refractivity contribution is 0.0686. The molecule has 0 aliphatic heterocycles. The summed E-state index contributed by atoms with van der Waals surface area (Å²) >= 11 is 0. The maximum absolute atomic E-state index is 12.2. The molecule has 0 spiro atoms. The number of carbonyl (C=O) groups is 1. The number of aromatic nitrogens is 2. The Morgan fingerprint density at radius 1 is 1.50 bits per heavy atom. The van der Waals surface area contributed by atoms with E-state index in [-0.39, 0.29) is 16.6 Å². The number of nitrogens with one attached hydrogen (secondary N) is 2. The number of aromatic carboxylic acids is 1. The summed E-state index contributed by atoms with van der Waals surface area (Å²) in [4.78, 5) is 12.6. The Hall–Kier alpha value is -1.45. The van der Waals surface area contributed by atoms with E-state index in [0.29, 0.717) is 6.42 Å². The van der Waals surface area contributed by atoms with Crippen molar-refractivity contribution in [2.24, 2.45) is 0 Å². The van der Waals surface area contributed by atoms with Crippen LogP contribution >= 0.6 is 0 Å². The van der Waals surface area contributed by atoms with Gasteiger partial charge in [-0.05, 0) is 40.9 Å². The zero-order valence-corrected chi connectivity index (χ0v) is 12.8. The van der Waals surface area contributed by atoms with Crippen molar-refractivity contribution in [2.75, 3.05) is 20.6 Å². The predicted octanol–water partition coefficient (Wildman–Crippen LogP) is 0.0348. The number of hydrogen-bond acceptors (Lipinski definition) is 5. The molecular weight excluding hydrogens is 284 g/mol. The van der Waals surface area contributed by atoms with E-state index < -0.39 is 21.7 Å². The highest BCUT2D eigenvalue weighted by Crippen LogP contribution is 2.18. The lowest BCUT2D eigenvalue weighted by Gasteiger charge is -2.16. The standard InChI is InChI=1S/C11H20N4O4S/c1-7(5-6-15(3)4)14-20(18,19)10-8(2)12-13-9(10)11(16)17/h7,14H,5-6H2,1-4H3,(H,12,13)(H,16,17). The Morgan fingerprint density at radius 2 is 2.10 bits per heavy atom. The Bertz CT molecular complexity index is 579. The molecule has 0 amide bonds. The van der Waals surface area contributed by atoms with Crippen molar-refractivity contribution in [3.8, 4) is 0 Å². The average Bonchev–Trinajstić information content (AvgIpc) is 2.68. The zero-order valence-electron chi connectivity index (χ0n) is 12.0. The Labute approximate surface area is 118 Å². The van der Waals surface area contributed by atoms with Gasteiger partial charge >= 0.3 is 5.97 Å². The van der Waals surface area contributed by atoms with E-state index in [2.05, 4.69) is 14.9 Å². The van der Waals surface area contributed by atoms with Gasteiger partial charge in [0.1, 0.15) is 4.90 Å². The lowest BCUT2D eigenvalue weighted by Crippen LogP contribution is -2.35. The highest BCUT2D eigenvalue weighted by atomic mass is 32.2. The number of nitrogens with zero attached hydrogens (tertiary/aromatic N) is 2. The second kappa shape index (κ2) is 6.33. The van der Waals surface area contributed by atoms with Crippen molar-refractivity contribution in [3.63, 3.8) is 0 Å². The van der Waals surface area contributed by atoms with Crippen LogP contribution in [-0.4, -0.2) is 61.3 Å². The fourth-order valence-electron chi connectivity index (χ4n) is 1.73. The number of rotatable bonds is 7. The van der Waals surface area contributed by atoms with Gasteiger partial charge in [0.05, 0.1) is 5.69 Å². The molecule has 1 aromatic rings. The normalized spacial score (nSPS) is 13.7. The minimum atomic E-state index is -3.91. The van der Waals surface area contributed by atoms with Gasteiger partial charge in [-0.3, -0.25) is 5.10 Å². The number of carboxylic acid groups (broad SMARTS) is 1. The molecule has 1 heterocycles. The van der Waals surface area contributed by atoms with E-state index in [1.54, 1.807) is 6.92 Å². The fraction of sp³-hybridized carbons (Fsp3) is 0.636. The molecule has 0 aliphatic rings. The van der Waals surface area contributed by atoms with E-state index in [1.807, 2.05) is 19.0 Å². The van der Waals surface area contributed by atoms with Crippen LogP contribution in [-0.2, 0) is 10.0 Å². The summed E-state index contributed by atoms with van der Waals surface area (Å²) in [5.74, 6) is -1.38. The summed E-state index contributed by atoms with van der Waals surface area (Å²) in [7, 11) is -0.128. The Morgan fingerprint density at radius 3 is 2.60 bits per heavy atom. The quantitative estimate of drug-likeness (QED) is 0.655. The number of aromatic amines is 1. The van der Waals surface area contributed by atoms with Gasteiger partial charge in [-0.15, -0.1) is 0 Å². The van der Waals surface area contributed by atoms with Gasteiger partial charge in [0.25, 0.3) is 0 Å². The minimum Gasteiger partial charge on any atom is -0.476 e. The van der Waals surface area contributed by atoms with Crippen molar-refractivity contribution >= 4 is 16.0 Å². The first-order valence-electron chi connectivity index (χ1n) is 6.10. The molecule has 0 saturated heterocycles. The van der Waals surface area contributed by atoms with Gasteiger partial charge in [-0.25, -0.2) is 17.9 Å². The van der Waals surface area contributed by atoms with Crippen molar-refractivity contribution in [3.05, 3.63) is 11.4 Å². The minimum absolute atomic E-state index is 0.203. The highest BCUT2D eigenvalue weighted by molar-refractivity contribution is 7.89. The van der Waals surface area contributed by atoms with E-state index in [0.717, 1.165) is 6.54 Å². The molecule has 0 aliphatic carbocycles. The van der Waals surface area contributed by atoms with Crippen LogP contribution in [0, 0.1) is 6.92 Å². The second-order valence-corrected chi connectivity index (χ2v) is 6.60. The third kappa shape index (κ3) is 4.02. The van der Waals surface area contributed by atoms with Crippen LogP contribution in [0.15, 0.2) is 4.90 Å². The largest absolute Gasteiger partial charge is 0.476 e. The summed E-state index contributed by atoms with van der Waals surface area (Å²) in [5, 5.41) is 14.9. The highest BCUT2D eigenvalue weighted by Gasteiger charge is 2.29. The maximum atomic E-state index is 12.2. The second-order valence-electron chi connectivity index (χ2n) is 4.95. The van der Waals surface area contributed by atoms with Crippen LogP contribution in [0.4, 0.5) is 0 Å². The van der Waals surface area contributed by atoms with E-state index >= 15 is 0 Å². The first kappa shape index (κ1) is 16.6. The Kier molecular flexibility index (Phi) is 5.26. The van der Waals surface area contributed by atoms with Crippen molar-refractivity contribution < 1.29 is 18.3 Å². The third-order valence-corrected chi connectivity index (χ3v) is 4.48. The SMILES string of the molecule is Cc1[nH]nc(C(=O)O)c1S(=O)(=O)NC(C)CCN(C)C. The summed E-state index contributed by atoms with van der Waals surface area (Å²) in [6.07, 6.45) is 0.617. The summed E-state index contributed by atoms with van der Waals surface area (Å²) in [5.41, 5.74) is -0.287. The number of carboxylic acids is 1. The Balaban J connectivity index is 2.94. The first-order chi connectivity index (χ1) is 9.15. The molecule has 1 rings (SSSR count). The number of sulfonamides is 1. The topological polar surface area (TPSA) is 115 Å². The van der Waals surface area contributed by atoms with Gasteiger partial charge in [0.15, 0.2) is 5.69 Å². The fourth-order valence-corrected chi connectivity index (χ4v) is 3.33. The van der Waals surface area contributed by atoms with Crippen LogP contribution < -0.4 is 4.72 Å². The van der Waals surface area contributed by atoms with Crippen molar-refractivity contribution in [2.45, 2.75) is 31.2 Å². The third-order valence-electron chi connectivity index (χ3n) is 2.73. The molecule has 1 atom stereocenters. The lowest BCUT2D eigenvalue weighted by atomic mass is 10.2. The van der Waals surface area contributed by atoms with Crippen LogP contribution in [0.25, 0.3) is 0 Å². The zero-order chi connectivity index (χ0) is 15.5. The van der Waals surface area contributed by atoms with Crippen LogP contribution in [0.5, 0.6) is 0 Å². The van der Waals surface area contributed by atoms with Crippen LogP contribution in [0.3, 0.4) is 0 Å². The molecule has 0 radical (unpaired) electrons. The van der Waals surface area contributed by atoms with Gasteiger partial charge in [-0.2, -0.15) is 5.10 Å². The van der Waals surface area contributed by atoms with Crippen molar-refractivity contribution in [1.29, 1.82) is 0 Å². The van der Waals surface area contributed by atoms with Gasteiger partial charge in [-0.1, -0.05) is 0 Å². The predicted molar refractivity (Wildman–Crippen MR) is 73.2 cm³/mol. The molecule has 0 fully saturated rings. The van der Waals surface area contributed by atoms with E-state index in [9.17, 15) is 13.2 Å². The summed E-state index contributed by atoms with van der Waals surface area (Å²) in [6, 6.07) is -0.307. The van der Waals surface area contributed by atoms with Crippen LogP contribution in [0.2, 0.25) is 0 Å². The van der Waals surface area contributed by atoms with Gasteiger partial charge in [0, 0.05) is 6.04 Å². The molecular formula is C11H20N4O4S. The molecule has 3 N–H and O–H groups in total. The van der Waals surface area contributed by atoms with Crippen LogP contribution in [0.1, 0.15) is 29.5 Å². The van der Waals surface area contributed by atoms with E-state index in [4.69, 9.17) is 5.11 Å². The number of aryl methyl sites for hydroxylation is 1.